The van der Waals surface area contributed by atoms with Crippen molar-refractivity contribution in [2.75, 3.05) is 7.05 Å². The quantitative estimate of drug-likeness (QED) is 0.833. The molecule has 150 valence electrons. The van der Waals surface area contributed by atoms with E-state index >= 15 is 0 Å². The van der Waals surface area contributed by atoms with Crippen molar-refractivity contribution in [1.29, 1.82) is 0 Å². The molecule has 0 aromatic heterocycles. The second-order valence-electron chi connectivity index (χ2n) is 7.42. The van der Waals surface area contributed by atoms with Gasteiger partial charge in [0.1, 0.15) is 0 Å². The molecule has 0 aliphatic rings. The SMILES string of the molecule is CC(C)(C)c1ccccc1.CN(C(C)(C)CC(=O)O)S(=O)(=O)C(F)(F)F. The molecule has 0 saturated carbocycles. The average Bonchev–Trinajstić information content (AvgIpc) is 2.44. The maximum absolute atomic E-state index is 12.2. The summed E-state index contributed by atoms with van der Waals surface area (Å²) in [5, 5.41) is 8.46. The summed E-state index contributed by atoms with van der Waals surface area (Å²) in [6, 6.07) is 10.6. The number of hydrogen-bond acceptors (Lipinski definition) is 3. The summed E-state index contributed by atoms with van der Waals surface area (Å²) in [6.07, 6.45) is -0.723. The van der Waals surface area contributed by atoms with Crippen LogP contribution in [0.4, 0.5) is 13.2 Å². The first-order valence-electron chi connectivity index (χ1n) is 7.75. The summed E-state index contributed by atoms with van der Waals surface area (Å²) >= 11 is 0. The first kappa shape index (κ1) is 24.4. The van der Waals surface area contributed by atoms with E-state index in [9.17, 15) is 26.4 Å². The van der Waals surface area contributed by atoms with Gasteiger partial charge in [0, 0.05) is 12.6 Å². The van der Waals surface area contributed by atoms with Crippen molar-refractivity contribution in [3.05, 3.63) is 35.9 Å². The Morgan fingerprint density at radius 3 is 1.73 bits per heavy atom. The highest BCUT2D eigenvalue weighted by Gasteiger charge is 2.52. The van der Waals surface area contributed by atoms with Crippen LogP contribution in [0.25, 0.3) is 0 Å². The number of rotatable bonds is 4. The highest BCUT2D eigenvalue weighted by Crippen LogP contribution is 2.31. The first-order valence-corrected chi connectivity index (χ1v) is 9.19. The van der Waals surface area contributed by atoms with Crippen LogP contribution in [0.2, 0.25) is 0 Å². The lowest BCUT2D eigenvalue weighted by Gasteiger charge is -2.33. The average molecular weight is 397 g/mol. The van der Waals surface area contributed by atoms with E-state index < -0.39 is 33.5 Å². The monoisotopic (exact) mass is 397 g/mol. The van der Waals surface area contributed by atoms with E-state index in [-0.39, 0.29) is 4.31 Å². The molecule has 1 aromatic carbocycles. The minimum Gasteiger partial charge on any atom is -0.481 e. The molecule has 1 rings (SSSR count). The van der Waals surface area contributed by atoms with E-state index in [1.54, 1.807) is 0 Å². The smallest absolute Gasteiger partial charge is 0.481 e. The topological polar surface area (TPSA) is 74.7 Å². The van der Waals surface area contributed by atoms with Gasteiger partial charge < -0.3 is 5.11 Å². The lowest BCUT2D eigenvalue weighted by molar-refractivity contribution is -0.139. The van der Waals surface area contributed by atoms with Gasteiger partial charge in [-0.1, -0.05) is 51.1 Å². The zero-order valence-corrected chi connectivity index (χ0v) is 16.6. The van der Waals surface area contributed by atoms with Gasteiger partial charge in [0.25, 0.3) is 0 Å². The molecule has 0 aliphatic carbocycles. The van der Waals surface area contributed by atoms with Crippen LogP contribution in [0.1, 0.15) is 46.6 Å². The molecule has 0 bridgehead atoms. The van der Waals surface area contributed by atoms with E-state index in [0.29, 0.717) is 12.5 Å². The van der Waals surface area contributed by atoms with E-state index in [4.69, 9.17) is 5.11 Å². The maximum atomic E-state index is 12.2. The van der Waals surface area contributed by atoms with Crippen molar-refractivity contribution in [2.45, 2.75) is 57.5 Å². The summed E-state index contributed by atoms with van der Waals surface area (Å²) in [6.45, 7) is 8.88. The standard InChI is InChI=1S/C10H14.C7H12F3NO4S/c1-10(2,3)9-7-5-4-6-8-9;1-6(2,4-5(12)13)11(3)16(14,15)7(8,9)10/h4-8H,1-3H3;4H2,1-3H3,(H,12,13). The third kappa shape index (κ3) is 6.95. The van der Waals surface area contributed by atoms with Gasteiger partial charge in [-0.15, -0.1) is 0 Å². The number of aliphatic carboxylic acids is 1. The summed E-state index contributed by atoms with van der Waals surface area (Å²) < 4.78 is 58.5. The molecule has 0 heterocycles. The molecule has 26 heavy (non-hydrogen) atoms. The van der Waals surface area contributed by atoms with E-state index in [0.717, 1.165) is 13.8 Å². The molecular weight excluding hydrogens is 371 g/mol. The number of sulfonamides is 1. The lowest BCUT2D eigenvalue weighted by atomic mass is 9.87. The Labute approximate surface area is 152 Å². The molecule has 5 nitrogen and oxygen atoms in total. The fourth-order valence-corrected chi connectivity index (χ4v) is 2.93. The van der Waals surface area contributed by atoms with Gasteiger partial charge in [0.2, 0.25) is 0 Å². The van der Waals surface area contributed by atoms with Crippen molar-refractivity contribution >= 4 is 16.0 Å². The number of nitrogens with zero attached hydrogens (tertiary/aromatic N) is 1. The number of alkyl halides is 3. The molecule has 0 saturated heterocycles. The predicted octanol–water partition coefficient (Wildman–Crippen LogP) is 4.01. The van der Waals surface area contributed by atoms with Crippen molar-refractivity contribution in [3.8, 4) is 0 Å². The molecular formula is C17H26F3NO4S. The van der Waals surface area contributed by atoms with Crippen LogP contribution in [0, 0.1) is 0 Å². The Morgan fingerprint density at radius 1 is 1.04 bits per heavy atom. The van der Waals surface area contributed by atoms with Crippen LogP contribution < -0.4 is 0 Å². The number of halogens is 3. The molecule has 1 aromatic rings. The lowest BCUT2D eigenvalue weighted by Crippen LogP contribution is -2.50. The zero-order chi connectivity index (χ0) is 21.0. The van der Waals surface area contributed by atoms with Crippen molar-refractivity contribution in [3.63, 3.8) is 0 Å². The third-order valence-corrected chi connectivity index (χ3v) is 5.53. The molecule has 0 unspecified atom stereocenters. The van der Waals surface area contributed by atoms with Gasteiger partial charge in [-0.25, -0.2) is 8.42 Å². The van der Waals surface area contributed by atoms with Gasteiger partial charge in [-0.05, 0) is 24.8 Å². The molecule has 0 atom stereocenters. The highest BCUT2D eigenvalue weighted by molar-refractivity contribution is 7.90. The fourth-order valence-electron chi connectivity index (χ4n) is 1.90. The summed E-state index contributed by atoms with van der Waals surface area (Å²) in [5.41, 5.74) is -5.39. The molecule has 0 aliphatic heterocycles. The largest absolute Gasteiger partial charge is 0.511 e. The van der Waals surface area contributed by atoms with Crippen LogP contribution in [-0.4, -0.2) is 41.9 Å². The highest BCUT2D eigenvalue weighted by atomic mass is 32.2. The number of benzene rings is 1. The number of hydrogen-bond donors (Lipinski definition) is 1. The van der Waals surface area contributed by atoms with Crippen LogP contribution >= 0.6 is 0 Å². The Hall–Kier alpha value is -1.61. The van der Waals surface area contributed by atoms with Crippen molar-refractivity contribution in [2.24, 2.45) is 0 Å². The molecule has 0 amide bonds. The van der Waals surface area contributed by atoms with E-state index in [2.05, 4.69) is 51.1 Å². The number of carboxylic acid groups (broad SMARTS) is 1. The maximum Gasteiger partial charge on any atom is 0.511 e. The minimum absolute atomic E-state index is 0.0219. The van der Waals surface area contributed by atoms with Crippen molar-refractivity contribution < 1.29 is 31.5 Å². The fraction of sp³-hybridized carbons (Fsp3) is 0.588. The van der Waals surface area contributed by atoms with Crippen LogP contribution in [0.5, 0.6) is 0 Å². The van der Waals surface area contributed by atoms with Gasteiger partial charge >= 0.3 is 21.5 Å². The number of carboxylic acids is 1. The second kappa shape index (κ2) is 8.39. The van der Waals surface area contributed by atoms with Gasteiger partial charge in [-0.2, -0.15) is 17.5 Å². The Morgan fingerprint density at radius 2 is 1.46 bits per heavy atom. The zero-order valence-electron chi connectivity index (χ0n) is 15.8. The molecule has 0 spiro atoms. The summed E-state index contributed by atoms with van der Waals surface area (Å²) in [4.78, 5) is 10.4. The first-order chi connectivity index (χ1) is 11.4. The Kier molecular flexibility index (Phi) is 7.87. The second-order valence-corrected chi connectivity index (χ2v) is 9.38. The van der Waals surface area contributed by atoms with Gasteiger partial charge in [0.05, 0.1) is 6.42 Å². The van der Waals surface area contributed by atoms with Crippen molar-refractivity contribution in [1.82, 2.24) is 4.31 Å². The van der Waals surface area contributed by atoms with E-state index in [1.807, 2.05) is 0 Å². The molecule has 9 heteroatoms. The molecule has 0 fully saturated rings. The van der Waals surface area contributed by atoms with Gasteiger partial charge in [0.15, 0.2) is 0 Å². The van der Waals surface area contributed by atoms with E-state index in [1.165, 1.54) is 5.56 Å². The normalized spacial score (nSPS) is 13.2. The summed E-state index contributed by atoms with van der Waals surface area (Å²) in [5.74, 6) is -1.38. The van der Waals surface area contributed by atoms with Crippen LogP contribution in [0.15, 0.2) is 30.3 Å². The predicted molar refractivity (Wildman–Crippen MR) is 94.2 cm³/mol. The van der Waals surface area contributed by atoms with Gasteiger partial charge in [-0.3, -0.25) is 4.79 Å². The summed E-state index contributed by atoms with van der Waals surface area (Å²) in [7, 11) is -4.81. The Balaban J connectivity index is 0.000000531. The Bertz CT molecular complexity index is 693. The molecule has 0 radical (unpaired) electrons. The minimum atomic E-state index is -5.51. The third-order valence-electron chi connectivity index (χ3n) is 3.73. The van der Waals surface area contributed by atoms with Crippen LogP contribution in [-0.2, 0) is 20.2 Å². The number of carbonyl (C=O) groups is 1. The molecule has 1 N–H and O–H groups in total. The van der Waals surface area contributed by atoms with Crippen LogP contribution in [0.3, 0.4) is 0 Å².